The zero-order valence-corrected chi connectivity index (χ0v) is 9.37. The van der Waals surface area contributed by atoms with Gasteiger partial charge in [-0.25, -0.2) is 0 Å². The molecular formula is C13H18O. The smallest absolute Gasteiger partial charge is 0.150 e. The fraction of sp³-hybridized carbons (Fsp3) is 0.462. The van der Waals surface area contributed by atoms with Gasteiger partial charge in [0.25, 0.3) is 0 Å². The third-order valence-corrected chi connectivity index (χ3v) is 2.49. The highest BCUT2D eigenvalue weighted by molar-refractivity contribution is 5.75. The van der Waals surface area contributed by atoms with Crippen LogP contribution in [0.3, 0.4) is 0 Å². The maximum atomic E-state index is 10.7. The van der Waals surface area contributed by atoms with Crippen molar-refractivity contribution >= 4 is 6.29 Å². The average Bonchev–Trinajstić information content (AvgIpc) is 2.16. The van der Waals surface area contributed by atoms with Crippen molar-refractivity contribution in [2.75, 3.05) is 0 Å². The molecule has 1 nitrogen and oxygen atoms in total. The van der Waals surface area contributed by atoms with E-state index in [9.17, 15) is 4.79 Å². The van der Waals surface area contributed by atoms with Crippen LogP contribution in [0.2, 0.25) is 0 Å². The molecule has 0 fully saturated rings. The second kappa shape index (κ2) is 4.41. The Kier molecular flexibility index (Phi) is 3.45. The van der Waals surface area contributed by atoms with Gasteiger partial charge in [-0.3, -0.25) is 4.79 Å². The van der Waals surface area contributed by atoms with Gasteiger partial charge in [0.2, 0.25) is 0 Å². The van der Waals surface area contributed by atoms with Crippen LogP contribution in [-0.2, 0) is 0 Å². The van der Waals surface area contributed by atoms with E-state index in [-0.39, 0.29) is 0 Å². The van der Waals surface area contributed by atoms with Gasteiger partial charge in [-0.2, -0.15) is 0 Å². The van der Waals surface area contributed by atoms with E-state index < -0.39 is 0 Å². The van der Waals surface area contributed by atoms with Gasteiger partial charge in [-0.1, -0.05) is 39.8 Å². The summed E-state index contributed by atoms with van der Waals surface area (Å²) in [4.78, 5) is 10.7. The maximum absolute atomic E-state index is 10.7. The summed E-state index contributed by atoms with van der Waals surface area (Å²) in [6.45, 7) is 8.69. The summed E-state index contributed by atoms with van der Waals surface area (Å²) < 4.78 is 0. The van der Waals surface area contributed by atoms with Crippen LogP contribution < -0.4 is 0 Å². The Morgan fingerprint density at radius 2 is 1.57 bits per heavy atom. The van der Waals surface area contributed by atoms with Crippen molar-refractivity contribution in [2.45, 2.75) is 39.5 Å². The normalized spacial score (nSPS) is 11.0. The molecular weight excluding hydrogens is 172 g/mol. The Bertz CT molecular complexity index is 324. The van der Waals surface area contributed by atoms with Crippen molar-refractivity contribution < 1.29 is 4.79 Å². The standard InChI is InChI=1S/C13H18O/c1-9(2)12-6-5-11(8-14)7-13(12)10(3)4/h5-10H,1-4H3. The lowest BCUT2D eigenvalue weighted by Crippen LogP contribution is -1.99. The van der Waals surface area contributed by atoms with Gasteiger partial charge in [0.1, 0.15) is 6.29 Å². The molecule has 1 heteroatoms. The molecule has 0 aliphatic rings. The maximum Gasteiger partial charge on any atom is 0.150 e. The zero-order valence-electron chi connectivity index (χ0n) is 9.37. The van der Waals surface area contributed by atoms with Gasteiger partial charge < -0.3 is 0 Å². The molecule has 0 aliphatic heterocycles. The van der Waals surface area contributed by atoms with E-state index in [1.807, 2.05) is 12.1 Å². The van der Waals surface area contributed by atoms with E-state index in [0.717, 1.165) is 11.8 Å². The van der Waals surface area contributed by atoms with Crippen LogP contribution >= 0.6 is 0 Å². The summed E-state index contributed by atoms with van der Waals surface area (Å²) in [6.07, 6.45) is 0.913. The summed E-state index contributed by atoms with van der Waals surface area (Å²) >= 11 is 0. The summed E-state index contributed by atoms with van der Waals surface area (Å²) in [5.74, 6) is 1.00. The van der Waals surface area contributed by atoms with E-state index in [0.29, 0.717) is 11.8 Å². The van der Waals surface area contributed by atoms with Crippen LogP contribution in [-0.4, -0.2) is 6.29 Å². The first-order valence-electron chi connectivity index (χ1n) is 5.15. The van der Waals surface area contributed by atoms with Crippen molar-refractivity contribution in [3.63, 3.8) is 0 Å². The summed E-state index contributed by atoms with van der Waals surface area (Å²) in [5.41, 5.74) is 3.42. The lowest BCUT2D eigenvalue weighted by atomic mass is 9.89. The van der Waals surface area contributed by atoms with Crippen molar-refractivity contribution in [1.29, 1.82) is 0 Å². The molecule has 0 unspecified atom stereocenters. The molecule has 0 amide bonds. The van der Waals surface area contributed by atoms with Crippen molar-refractivity contribution in [3.8, 4) is 0 Å². The Labute approximate surface area is 86.1 Å². The quantitative estimate of drug-likeness (QED) is 0.663. The van der Waals surface area contributed by atoms with Gasteiger partial charge in [0.05, 0.1) is 0 Å². The van der Waals surface area contributed by atoms with Crippen molar-refractivity contribution in [2.24, 2.45) is 0 Å². The SMILES string of the molecule is CC(C)c1ccc(C=O)cc1C(C)C. The number of aldehydes is 1. The molecule has 0 saturated heterocycles. The summed E-state index contributed by atoms with van der Waals surface area (Å²) in [6, 6.07) is 5.98. The van der Waals surface area contributed by atoms with Crippen LogP contribution in [0.15, 0.2) is 18.2 Å². The Morgan fingerprint density at radius 1 is 1.00 bits per heavy atom. The third-order valence-electron chi connectivity index (χ3n) is 2.49. The van der Waals surface area contributed by atoms with Gasteiger partial charge in [-0.05, 0) is 29.0 Å². The lowest BCUT2D eigenvalue weighted by molar-refractivity contribution is 0.112. The van der Waals surface area contributed by atoms with E-state index in [2.05, 4.69) is 33.8 Å². The second-order valence-electron chi connectivity index (χ2n) is 4.32. The first kappa shape index (κ1) is 11.0. The molecule has 0 radical (unpaired) electrons. The molecule has 0 bridgehead atoms. The molecule has 0 spiro atoms. The Morgan fingerprint density at radius 3 is 2.00 bits per heavy atom. The van der Waals surface area contributed by atoms with E-state index in [4.69, 9.17) is 0 Å². The fourth-order valence-electron chi connectivity index (χ4n) is 1.69. The predicted molar refractivity (Wildman–Crippen MR) is 60.0 cm³/mol. The predicted octanol–water partition coefficient (Wildman–Crippen LogP) is 3.75. The molecule has 0 aromatic heterocycles. The molecule has 0 atom stereocenters. The van der Waals surface area contributed by atoms with Crippen molar-refractivity contribution in [3.05, 3.63) is 34.9 Å². The lowest BCUT2D eigenvalue weighted by Gasteiger charge is -2.16. The summed E-state index contributed by atoms with van der Waals surface area (Å²) in [5, 5.41) is 0. The van der Waals surface area contributed by atoms with Crippen LogP contribution in [0.1, 0.15) is 61.0 Å². The highest BCUT2D eigenvalue weighted by Gasteiger charge is 2.10. The van der Waals surface area contributed by atoms with E-state index in [1.54, 1.807) is 0 Å². The minimum absolute atomic E-state index is 0.479. The molecule has 76 valence electrons. The number of benzene rings is 1. The number of hydrogen-bond donors (Lipinski definition) is 0. The highest BCUT2D eigenvalue weighted by atomic mass is 16.1. The number of hydrogen-bond acceptors (Lipinski definition) is 1. The monoisotopic (exact) mass is 190 g/mol. The van der Waals surface area contributed by atoms with Crippen molar-refractivity contribution in [1.82, 2.24) is 0 Å². The first-order valence-corrected chi connectivity index (χ1v) is 5.15. The van der Waals surface area contributed by atoms with Gasteiger partial charge >= 0.3 is 0 Å². The minimum Gasteiger partial charge on any atom is -0.298 e. The van der Waals surface area contributed by atoms with Crippen LogP contribution in [0.4, 0.5) is 0 Å². The second-order valence-corrected chi connectivity index (χ2v) is 4.32. The van der Waals surface area contributed by atoms with Crippen LogP contribution in [0.25, 0.3) is 0 Å². The van der Waals surface area contributed by atoms with E-state index >= 15 is 0 Å². The Balaban J connectivity index is 3.23. The van der Waals surface area contributed by atoms with Crippen LogP contribution in [0.5, 0.6) is 0 Å². The topological polar surface area (TPSA) is 17.1 Å². The number of carbonyl (C=O) groups is 1. The first-order chi connectivity index (χ1) is 6.56. The molecule has 0 saturated carbocycles. The molecule has 1 rings (SSSR count). The zero-order chi connectivity index (χ0) is 10.7. The minimum atomic E-state index is 0.479. The molecule has 0 aliphatic carbocycles. The third kappa shape index (κ3) is 2.22. The van der Waals surface area contributed by atoms with Crippen LogP contribution in [0, 0.1) is 0 Å². The summed E-state index contributed by atoms with van der Waals surface area (Å²) in [7, 11) is 0. The molecule has 1 aromatic carbocycles. The van der Waals surface area contributed by atoms with Gasteiger partial charge in [-0.15, -0.1) is 0 Å². The average molecular weight is 190 g/mol. The Hall–Kier alpha value is -1.11. The highest BCUT2D eigenvalue weighted by Crippen LogP contribution is 2.26. The number of carbonyl (C=O) groups excluding carboxylic acids is 1. The molecule has 1 aromatic rings. The molecule has 0 heterocycles. The van der Waals surface area contributed by atoms with E-state index in [1.165, 1.54) is 11.1 Å². The molecule has 0 N–H and O–H groups in total. The fourth-order valence-corrected chi connectivity index (χ4v) is 1.69. The number of rotatable bonds is 3. The van der Waals surface area contributed by atoms with Gasteiger partial charge in [0.15, 0.2) is 0 Å². The van der Waals surface area contributed by atoms with Gasteiger partial charge in [0, 0.05) is 5.56 Å². The largest absolute Gasteiger partial charge is 0.298 e. The molecule has 14 heavy (non-hydrogen) atoms.